The minimum Gasteiger partial charge on any atom is -0.496 e. The minimum absolute atomic E-state index is 0.0342. The summed E-state index contributed by atoms with van der Waals surface area (Å²) < 4.78 is 29.5. The van der Waals surface area contributed by atoms with Crippen LogP contribution < -0.4 is 10.1 Å². The summed E-state index contributed by atoms with van der Waals surface area (Å²) in [4.78, 5) is 12.5. The first-order chi connectivity index (χ1) is 15.9. The van der Waals surface area contributed by atoms with Crippen molar-refractivity contribution in [2.24, 2.45) is 5.92 Å². The molecule has 0 bridgehead atoms. The van der Waals surface area contributed by atoms with Gasteiger partial charge in [0.1, 0.15) is 17.3 Å². The molecule has 0 aliphatic heterocycles. The van der Waals surface area contributed by atoms with Gasteiger partial charge in [0.15, 0.2) is 0 Å². The van der Waals surface area contributed by atoms with Crippen LogP contribution >= 0.6 is 0 Å². The van der Waals surface area contributed by atoms with Gasteiger partial charge in [-0.15, -0.1) is 0 Å². The highest BCUT2D eigenvalue weighted by Gasteiger charge is 2.41. The van der Waals surface area contributed by atoms with E-state index in [9.17, 15) is 9.18 Å². The van der Waals surface area contributed by atoms with Crippen molar-refractivity contribution in [3.05, 3.63) is 70.9 Å². The van der Waals surface area contributed by atoms with E-state index in [1.54, 1.807) is 19.2 Å². The number of carbonyl (C=O) groups is 1. The lowest BCUT2D eigenvalue weighted by atomic mass is 9.86. The van der Waals surface area contributed by atoms with E-state index in [-0.39, 0.29) is 29.7 Å². The summed E-state index contributed by atoms with van der Waals surface area (Å²) in [7, 11) is 3.06. The summed E-state index contributed by atoms with van der Waals surface area (Å²) in [6.45, 7) is 4.37. The van der Waals surface area contributed by atoms with Crippen molar-refractivity contribution >= 4 is 5.97 Å². The van der Waals surface area contributed by atoms with Crippen molar-refractivity contribution in [1.82, 2.24) is 10.5 Å². The Morgan fingerprint density at radius 1 is 1.15 bits per heavy atom. The van der Waals surface area contributed by atoms with Gasteiger partial charge >= 0.3 is 5.97 Å². The van der Waals surface area contributed by atoms with Crippen LogP contribution in [-0.2, 0) is 16.1 Å². The lowest BCUT2D eigenvalue weighted by molar-refractivity contribution is -0.145. The zero-order chi connectivity index (χ0) is 23.5. The summed E-state index contributed by atoms with van der Waals surface area (Å²) in [5, 5.41) is 7.69. The second kappa shape index (κ2) is 9.75. The molecule has 1 aliphatic rings. The fraction of sp³-hybridized carbons (Fsp3) is 0.385. The van der Waals surface area contributed by atoms with E-state index >= 15 is 0 Å². The number of halogens is 1. The first-order valence-corrected chi connectivity index (χ1v) is 11.1. The molecular weight excluding hydrogens is 423 g/mol. The molecule has 1 aromatic heterocycles. The van der Waals surface area contributed by atoms with E-state index in [2.05, 4.69) is 16.5 Å². The third kappa shape index (κ3) is 4.64. The van der Waals surface area contributed by atoms with Gasteiger partial charge in [-0.2, -0.15) is 0 Å². The van der Waals surface area contributed by atoms with Crippen LogP contribution in [0.25, 0.3) is 11.1 Å². The molecule has 1 aliphatic carbocycles. The van der Waals surface area contributed by atoms with E-state index in [0.717, 1.165) is 45.9 Å². The average molecular weight is 453 g/mol. The SMILES string of the molecule is COC(=O)C1CCC(NCc2cc(-c3c(C)noc3C)ccc2OC)C1c1ccc(F)cc1. The van der Waals surface area contributed by atoms with Crippen molar-refractivity contribution in [3.63, 3.8) is 0 Å². The van der Waals surface area contributed by atoms with Crippen molar-refractivity contribution < 1.29 is 23.2 Å². The molecule has 1 heterocycles. The maximum atomic E-state index is 13.5. The summed E-state index contributed by atoms with van der Waals surface area (Å²) >= 11 is 0. The van der Waals surface area contributed by atoms with Gasteiger partial charge in [-0.1, -0.05) is 23.4 Å². The Kier molecular flexibility index (Phi) is 6.79. The molecule has 2 aromatic carbocycles. The first kappa shape index (κ1) is 23.0. The number of hydrogen-bond donors (Lipinski definition) is 1. The Labute approximate surface area is 193 Å². The van der Waals surface area contributed by atoms with Crippen LogP contribution in [-0.4, -0.2) is 31.4 Å². The molecule has 0 amide bonds. The maximum Gasteiger partial charge on any atom is 0.309 e. The molecule has 1 fully saturated rings. The fourth-order valence-corrected chi connectivity index (χ4v) is 5.00. The van der Waals surface area contributed by atoms with E-state index in [1.165, 1.54) is 19.2 Å². The Balaban J connectivity index is 1.60. The number of nitrogens with zero attached hydrogens (tertiary/aromatic N) is 1. The van der Waals surface area contributed by atoms with Gasteiger partial charge in [-0.05, 0) is 62.1 Å². The van der Waals surface area contributed by atoms with Crippen LogP contribution in [0, 0.1) is 25.6 Å². The lowest BCUT2D eigenvalue weighted by Crippen LogP contribution is -2.34. The first-order valence-electron chi connectivity index (χ1n) is 11.1. The number of ether oxygens (including phenoxy) is 2. The quantitative estimate of drug-likeness (QED) is 0.513. The monoisotopic (exact) mass is 452 g/mol. The van der Waals surface area contributed by atoms with Crippen LogP contribution in [0.3, 0.4) is 0 Å². The van der Waals surface area contributed by atoms with Gasteiger partial charge in [0.05, 0.1) is 25.8 Å². The number of methoxy groups -OCH3 is 2. The fourth-order valence-electron chi connectivity index (χ4n) is 5.00. The van der Waals surface area contributed by atoms with E-state index in [4.69, 9.17) is 14.0 Å². The van der Waals surface area contributed by atoms with Crippen LogP contribution in [0.15, 0.2) is 47.0 Å². The normalized spacial score (nSPS) is 20.1. The summed E-state index contributed by atoms with van der Waals surface area (Å²) in [5.41, 5.74) is 4.75. The van der Waals surface area contributed by atoms with Crippen molar-refractivity contribution in [2.75, 3.05) is 14.2 Å². The van der Waals surface area contributed by atoms with Crippen molar-refractivity contribution in [3.8, 4) is 16.9 Å². The lowest BCUT2D eigenvalue weighted by Gasteiger charge is -2.25. The average Bonchev–Trinajstić information content (AvgIpc) is 3.40. The number of carbonyl (C=O) groups excluding carboxylic acids is 1. The van der Waals surface area contributed by atoms with E-state index in [1.807, 2.05) is 26.0 Å². The summed E-state index contributed by atoms with van der Waals surface area (Å²) in [5.74, 6) is 0.648. The molecule has 174 valence electrons. The van der Waals surface area contributed by atoms with Crippen molar-refractivity contribution in [1.29, 1.82) is 0 Å². The topological polar surface area (TPSA) is 73.6 Å². The molecule has 0 saturated heterocycles. The second-order valence-corrected chi connectivity index (χ2v) is 8.50. The number of benzene rings is 2. The molecule has 0 spiro atoms. The molecule has 3 aromatic rings. The molecule has 0 radical (unpaired) electrons. The Hall–Kier alpha value is -3.19. The molecule has 4 rings (SSSR count). The van der Waals surface area contributed by atoms with Crippen LogP contribution in [0.5, 0.6) is 5.75 Å². The number of hydrogen-bond acceptors (Lipinski definition) is 6. The number of aryl methyl sites for hydroxylation is 2. The standard InChI is InChI=1S/C26H29FN2O4/c1-15-24(16(2)33-29-15)18-7-12-23(31-3)19(13-18)14-28-22-11-10-21(26(30)32-4)25(22)17-5-8-20(27)9-6-17/h5-9,12-13,21-22,25,28H,10-11,14H2,1-4H3. The summed E-state index contributed by atoms with van der Waals surface area (Å²) in [6, 6.07) is 12.5. The molecule has 7 heteroatoms. The van der Waals surface area contributed by atoms with Crippen LogP contribution in [0.4, 0.5) is 4.39 Å². The third-order valence-corrected chi connectivity index (χ3v) is 6.57. The Morgan fingerprint density at radius 2 is 1.91 bits per heavy atom. The minimum atomic E-state index is -0.295. The van der Waals surface area contributed by atoms with Crippen LogP contribution in [0.1, 0.15) is 41.3 Å². The highest BCUT2D eigenvalue weighted by atomic mass is 19.1. The zero-order valence-electron chi connectivity index (χ0n) is 19.4. The Morgan fingerprint density at radius 3 is 2.55 bits per heavy atom. The van der Waals surface area contributed by atoms with Gasteiger partial charge in [-0.25, -0.2) is 4.39 Å². The number of rotatable bonds is 7. The number of aromatic nitrogens is 1. The van der Waals surface area contributed by atoms with Crippen LogP contribution in [0.2, 0.25) is 0 Å². The smallest absolute Gasteiger partial charge is 0.309 e. The van der Waals surface area contributed by atoms with Gasteiger partial charge in [0.2, 0.25) is 0 Å². The molecular formula is C26H29FN2O4. The maximum absolute atomic E-state index is 13.5. The molecule has 33 heavy (non-hydrogen) atoms. The zero-order valence-corrected chi connectivity index (χ0v) is 19.4. The number of nitrogens with one attached hydrogen (secondary N) is 1. The molecule has 6 nitrogen and oxygen atoms in total. The van der Waals surface area contributed by atoms with Gasteiger partial charge < -0.3 is 19.3 Å². The van der Waals surface area contributed by atoms with Crippen molar-refractivity contribution in [2.45, 2.75) is 45.2 Å². The van der Waals surface area contributed by atoms with Gasteiger partial charge in [0.25, 0.3) is 0 Å². The molecule has 1 N–H and O–H groups in total. The Bertz CT molecular complexity index is 1110. The highest BCUT2D eigenvalue weighted by molar-refractivity contribution is 5.74. The largest absolute Gasteiger partial charge is 0.496 e. The van der Waals surface area contributed by atoms with Gasteiger partial charge in [-0.3, -0.25) is 4.79 Å². The van der Waals surface area contributed by atoms with E-state index in [0.29, 0.717) is 13.0 Å². The molecule has 3 unspecified atom stereocenters. The predicted octanol–water partition coefficient (Wildman–Crippen LogP) is 4.93. The molecule has 3 atom stereocenters. The second-order valence-electron chi connectivity index (χ2n) is 8.50. The highest BCUT2D eigenvalue weighted by Crippen LogP contribution is 2.41. The third-order valence-electron chi connectivity index (χ3n) is 6.57. The summed E-state index contributed by atoms with van der Waals surface area (Å²) in [6.07, 6.45) is 1.52. The number of esters is 1. The predicted molar refractivity (Wildman–Crippen MR) is 122 cm³/mol. The van der Waals surface area contributed by atoms with E-state index < -0.39 is 0 Å². The molecule has 1 saturated carbocycles. The van der Waals surface area contributed by atoms with Gasteiger partial charge in [0, 0.05) is 29.6 Å².